The van der Waals surface area contributed by atoms with Gasteiger partial charge in [0.15, 0.2) is 0 Å². The van der Waals surface area contributed by atoms with Crippen LogP contribution in [0.25, 0.3) is 11.6 Å². The number of hydrogen-bond donors (Lipinski definition) is 1. The van der Waals surface area contributed by atoms with E-state index >= 15 is 0 Å². The van der Waals surface area contributed by atoms with Crippen LogP contribution in [0.5, 0.6) is 0 Å². The number of sulfonamides is 1. The molecule has 0 radical (unpaired) electrons. The minimum Gasteiger partial charge on any atom is -0.299 e. The SMILES string of the molecule is NS(=O)(=O)c1ccc(C=CCN2CCC(=C(c3ccccc3)c3ccccc3)CC2)cc1. The third kappa shape index (κ3) is 5.62. The minimum atomic E-state index is -3.65. The van der Waals surface area contributed by atoms with E-state index in [1.807, 2.05) is 6.08 Å². The van der Waals surface area contributed by atoms with E-state index in [0.29, 0.717) is 0 Å². The van der Waals surface area contributed by atoms with E-state index in [1.165, 1.54) is 22.3 Å². The lowest BCUT2D eigenvalue weighted by molar-refractivity contribution is 0.284. The van der Waals surface area contributed by atoms with Crippen molar-refractivity contribution in [2.45, 2.75) is 17.7 Å². The second-order valence-corrected chi connectivity index (χ2v) is 9.59. The lowest BCUT2D eigenvalue weighted by Gasteiger charge is -2.29. The van der Waals surface area contributed by atoms with Gasteiger partial charge in [0.05, 0.1) is 4.90 Å². The molecule has 0 atom stereocenters. The van der Waals surface area contributed by atoms with Gasteiger partial charge in [-0.2, -0.15) is 0 Å². The molecule has 0 aliphatic carbocycles. The Morgan fingerprint density at radius 1 is 0.812 bits per heavy atom. The number of hydrogen-bond acceptors (Lipinski definition) is 3. The van der Waals surface area contributed by atoms with Crippen molar-refractivity contribution in [3.63, 3.8) is 0 Å². The van der Waals surface area contributed by atoms with Crippen LogP contribution >= 0.6 is 0 Å². The summed E-state index contributed by atoms with van der Waals surface area (Å²) in [6, 6.07) is 28.0. The molecule has 5 heteroatoms. The van der Waals surface area contributed by atoms with Crippen LogP contribution in [0.2, 0.25) is 0 Å². The van der Waals surface area contributed by atoms with Crippen molar-refractivity contribution in [1.29, 1.82) is 0 Å². The summed E-state index contributed by atoms with van der Waals surface area (Å²) in [5.74, 6) is 0. The summed E-state index contributed by atoms with van der Waals surface area (Å²) in [6.45, 7) is 2.91. The molecule has 1 saturated heterocycles. The predicted octanol–water partition coefficient (Wildman–Crippen LogP) is 4.95. The monoisotopic (exact) mass is 444 g/mol. The topological polar surface area (TPSA) is 63.4 Å². The summed E-state index contributed by atoms with van der Waals surface area (Å²) in [4.78, 5) is 2.59. The quantitative estimate of drug-likeness (QED) is 0.585. The van der Waals surface area contributed by atoms with Crippen LogP contribution in [-0.4, -0.2) is 33.0 Å². The molecule has 0 amide bonds. The summed E-state index contributed by atoms with van der Waals surface area (Å²) < 4.78 is 22.7. The maximum atomic E-state index is 11.4. The summed E-state index contributed by atoms with van der Waals surface area (Å²) in [6.07, 6.45) is 6.26. The lowest BCUT2D eigenvalue weighted by atomic mass is 9.88. The van der Waals surface area contributed by atoms with Gasteiger partial charge < -0.3 is 0 Å². The summed E-state index contributed by atoms with van der Waals surface area (Å²) >= 11 is 0. The van der Waals surface area contributed by atoms with Gasteiger partial charge in [0.1, 0.15) is 0 Å². The van der Waals surface area contributed by atoms with Crippen LogP contribution < -0.4 is 5.14 Å². The largest absolute Gasteiger partial charge is 0.299 e. The molecule has 1 fully saturated rings. The fourth-order valence-corrected chi connectivity index (χ4v) is 4.66. The second-order valence-electron chi connectivity index (χ2n) is 8.03. The molecule has 1 aliphatic heterocycles. The fraction of sp³-hybridized carbons (Fsp3) is 0.185. The molecule has 3 aromatic rings. The molecule has 4 nitrogen and oxygen atoms in total. The van der Waals surface area contributed by atoms with Gasteiger partial charge in [0.2, 0.25) is 10.0 Å². The van der Waals surface area contributed by atoms with Crippen LogP contribution in [0.15, 0.2) is 101 Å². The molecule has 0 bridgehead atoms. The van der Waals surface area contributed by atoms with Gasteiger partial charge in [0.25, 0.3) is 0 Å². The van der Waals surface area contributed by atoms with Gasteiger partial charge in [-0.25, -0.2) is 13.6 Å². The molecule has 4 rings (SSSR count). The van der Waals surface area contributed by atoms with Crippen molar-refractivity contribution in [3.05, 3.63) is 113 Å². The Morgan fingerprint density at radius 2 is 1.34 bits per heavy atom. The van der Waals surface area contributed by atoms with Crippen LogP contribution in [0.1, 0.15) is 29.5 Å². The van der Waals surface area contributed by atoms with Gasteiger partial charge in [0, 0.05) is 19.6 Å². The fourth-order valence-electron chi connectivity index (χ4n) is 4.15. The van der Waals surface area contributed by atoms with E-state index in [2.05, 4.69) is 71.6 Å². The Balaban J connectivity index is 1.42. The number of rotatable bonds is 6. The Labute approximate surface area is 190 Å². The zero-order chi connectivity index (χ0) is 22.4. The highest BCUT2D eigenvalue weighted by Gasteiger charge is 2.18. The minimum absolute atomic E-state index is 0.137. The number of nitrogens with zero attached hydrogens (tertiary/aromatic N) is 1. The summed E-state index contributed by atoms with van der Waals surface area (Å²) in [5.41, 5.74) is 6.41. The highest BCUT2D eigenvalue weighted by atomic mass is 32.2. The van der Waals surface area contributed by atoms with E-state index in [-0.39, 0.29) is 4.90 Å². The maximum absolute atomic E-state index is 11.4. The van der Waals surface area contributed by atoms with Crippen LogP contribution in [0.4, 0.5) is 0 Å². The van der Waals surface area contributed by atoms with Gasteiger partial charge >= 0.3 is 0 Å². The molecule has 0 spiro atoms. The highest BCUT2D eigenvalue weighted by molar-refractivity contribution is 7.89. The smallest absolute Gasteiger partial charge is 0.238 e. The highest BCUT2D eigenvalue weighted by Crippen LogP contribution is 2.32. The molecule has 0 saturated carbocycles. The Bertz CT molecular complexity index is 1150. The van der Waals surface area contributed by atoms with E-state index in [0.717, 1.165) is 38.0 Å². The van der Waals surface area contributed by atoms with Crippen LogP contribution in [-0.2, 0) is 10.0 Å². The molecular weight excluding hydrogens is 416 g/mol. The van der Waals surface area contributed by atoms with Gasteiger partial charge in [-0.05, 0) is 47.2 Å². The zero-order valence-corrected chi connectivity index (χ0v) is 18.8. The number of benzene rings is 3. The normalized spacial score (nSPS) is 15.2. The molecular formula is C27H28N2O2S. The Hall–Kier alpha value is -2.99. The maximum Gasteiger partial charge on any atom is 0.238 e. The molecule has 164 valence electrons. The van der Waals surface area contributed by atoms with Crippen molar-refractivity contribution >= 4 is 21.7 Å². The summed E-state index contributed by atoms with van der Waals surface area (Å²) in [5, 5.41) is 5.15. The standard InChI is InChI=1S/C27H28N2O2S/c28-32(30,31)26-15-13-22(14-16-26)8-7-19-29-20-17-25(18-21-29)27(23-9-3-1-4-10-23)24-11-5-2-6-12-24/h1-16H,17-21H2,(H2,28,30,31). The zero-order valence-electron chi connectivity index (χ0n) is 18.0. The third-order valence-corrected chi connectivity index (χ3v) is 6.75. The molecule has 3 aromatic carbocycles. The first-order valence-electron chi connectivity index (χ1n) is 10.9. The number of primary sulfonamides is 1. The molecule has 0 aromatic heterocycles. The van der Waals surface area contributed by atoms with Gasteiger partial charge in [-0.1, -0.05) is 90.5 Å². The predicted molar refractivity (Wildman–Crippen MR) is 131 cm³/mol. The van der Waals surface area contributed by atoms with E-state index < -0.39 is 10.0 Å². The van der Waals surface area contributed by atoms with Gasteiger partial charge in [-0.15, -0.1) is 0 Å². The van der Waals surface area contributed by atoms with Crippen molar-refractivity contribution in [2.75, 3.05) is 19.6 Å². The average Bonchev–Trinajstić information content (AvgIpc) is 2.81. The first kappa shape index (κ1) is 22.2. The third-order valence-electron chi connectivity index (χ3n) is 5.82. The summed E-state index contributed by atoms with van der Waals surface area (Å²) in [7, 11) is -3.65. The van der Waals surface area contributed by atoms with Crippen molar-refractivity contribution in [3.8, 4) is 0 Å². The molecule has 1 heterocycles. The average molecular weight is 445 g/mol. The van der Waals surface area contributed by atoms with Crippen molar-refractivity contribution in [1.82, 2.24) is 4.90 Å². The molecule has 2 N–H and O–H groups in total. The first-order chi connectivity index (χ1) is 15.5. The second kappa shape index (κ2) is 10.1. The van der Waals surface area contributed by atoms with Gasteiger partial charge in [-0.3, -0.25) is 4.90 Å². The van der Waals surface area contributed by atoms with E-state index in [1.54, 1.807) is 24.3 Å². The Morgan fingerprint density at radius 3 is 1.84 bits per heavy atom. The number of nitrogens with two attached hydrogens (primary N) is 1. The van der Waals surface area contributed by atoms with Crippen LogP contribution in [0, 0.1) is 0 Å². The van der Waals surface area contributed by atoms with Crippen LogP contribution in [0.3, 0.4) is 0 Å². The number of piperidine rings is 1. The molecule has 32 heavy (non-hydrogen) atoms. The first-order valence-corrected chi connectivity index (χ1v) is 12.4. The lowest BCUT2D eigenvalue weighted by Crippen LogP contribution is -2.31. The molecule has 0 unspecified atom stereocenters. The Kier molecular flexibility index (Phi) is 7.00. The molecule has 1 aliphatic rings. The van der Waals surface area contributed by atoms with Crippen molar-refractivity contribution in [2.24, 2.45) is 5.14 Å². The van der Waals surface area contributed by atoms with E-state index in [9.17, 15) is 8.42 Å². The number of likely N-dealkylation sites (tertiary alicyclic amines) is 1. The van der Waals surface area contributed by atoms with E-state index in [4.69, 9.17) is 5.14 Å². The van der Waals surface area contributed by atoms with Crippen molar-refractivity contribution < 1.29 is 8.42 Å².